The summed E-state index contributed by atoms with van der Waals surface area (Å²) in [5.74, 6) is -0.313. The van der Waals surface area contributed by atoms with Gasteiger partial charge in [0.15, 0.2) is 0 Å². The van der Waals surface area contributed by atoms with Gasteiger partial charge in [0.1, 0.15) is 0 Å². The van der Waals surface area contributed by atoms with Crippen LogP contribution in [-0.2, 0) is 17.8 Å². The lowest BCUT2D eigenvalue weighted by atomic mass is 10.0. The number of aryl methyl sites for hydroxylation is 1. The Labute approximate surface area is 169 Å². The molecule has 3 aromatic rings. The fourth-order valence-electron chi connectivity index (χ4n) is 3.70. The summed E-state index contributed by atoms with van der Waals surface area (Å²) in [6, 6.07) is 11.5. The van der Waals surface area contributed by atoms with Gasteiger partial charge in [0, 0.05) is 36.1 Å². The summed E-state index contributed by atoms with van der Waals surface area (Å²) >= 11 is 0. The number of benzene rings is 2. The number of nitrogens with one attached hydrogen (secondary N) is 3. The van der Waals surface area contributed by atoms with E-state index in [2.05, 4.69) is 44.9 Å². The number of H-pyrrole nitrogens is 1. The molecule has 29 heavy (non-hydrogen) atoms. The quantitative estimate of drug-likeness (QED) is 0.624. The third kappa shape index (κ3) is 4.63. The van der Waals surface area contributed by atoms with Crippen LogP contribution < -0.4 is 10.6 Å². The topological polar surface area (TPSA) is 90.1 Å². The first-order valence-electron chi connectivity index (χ1n) is 9.90. The smallest absolute Gasteiger partial charge is 0.251 e. The van der Waals surface area contributed by atoms with Gasteiger partial charge in [0.2, 0.25) is 5.91 Å². The molecule has 2 amide bonds. The standard InChI is InChI=1S/C22H25N5O2/c1-27-10-2-3-15-4-6-19(12-18(15)14-27)25-21(28)8-9-23-22(29)16-5-7-20-17(11-16)13-24-26-20/h4-7,11-13H,2-3,8-10,14H2,1H3,(H,23,29)(H,24,26)(H,25,28). The second-order valence-electron chi connectivity index (χ2n) is 7.55. The van der Waals surface area contributed by atoms with Gasteiger partial charge in [-0.05, 0) is 67.9 Å². The molecule has 1 aromatic heterocycles. The largest absolute Gasteiger partial charge is 0.352 e. The number of rotatable bonds is 5. The first-order chi connectivity index (χ1) is 14.1. The molecule has 0 saturated carbocycles. The molecule has 0 saturated heterocycles. The van der Waals surface area contributed by atoms with Gasteiger partial charge in [-0.1, -0.05) is 6.07 Å². The Bertz CT molecular complexity index is 1040. The molecular weight excluding hydrogens is 366 g/mol. The van der Waals surface area contributed by atoms with Gasteiger partial charge in [-0.25, -0.2) is 0 Å². The van der Waals surface area contributed by atoms with E-state index < -0.39 is 0 Å². The molecule has 0 aliphatic carbocycles. The van der Waals surface area contributed by atoms with Crippen molar-refractivity contribution < 1.29 is 9.59 Å². The molecule has 2 heterocycles. The van der Waals surface area contributed by atoms with Crippen molar-refractivity contribution in [3.8, 4) is 0 Å². The molecule has 1 aliphatic heterocycles. The molecule has 0 spiro atoms. The summed E-state index contributed by atoms with van der Waals surface area (Å²) in [5.41, 5.74) is 4.86. The van der Waals surface area contributed by atoms with E-state index >= 15 is 0 Å². The lowest BCUT2D eigenvalue weighted by Crippen LogP contribution is -2.27. The van der Waals surface area contributed by atoms with Crippen molar-refractivity contribution in [1.82, 2.24) is 20.4 Å². The molecule has 0 bridgehead atoms. The van der Waals surface area contributed by atoms with Crippen LogP contribution in [0, 0.1) is 0 Å². The van der Waals surface area contributed by atoms with Crippen LogP contribution >= 0.6 is 0 Å². The summed E-state index contributed by atoms with van der Waals surface area (Å²) in [4.78, 5) is 26.9. The number of nitrogens with zero attached hydrogens (tertiary/aromatic N) is 2. The third-order valence-corrected chi connectivity index (χ3v) is 5.26. The van der Waals surface area contributed by atoms with Crippen molar-refractivity contribution in [2.24, 2.45) is 0 Å². The maximum Gasteiger partial charge on any atom is 0.251 e. The fraction of sp³-hybridized carbons (Fsp3) is 0.318. The highest BCUT2D eigenvalue weighted by molar-refractivity contribution is 5.98. The molecule has 0 unspecified atom stereocenters. The lowest BCUT2D eigenvalue weighted by Gasteiger charge is -2.14. The first-order valence-corrected chi connectivity index (χ1v) is 9.90. The number of aromatic amines is 1. The van der Waals surface area contributed by atoms with E-state index in [0.717, 1.165) is 42.5 Å². The number of hydrogen-bond donors (Lipinski definition) is 3. The zero-order chi connectivity index (χ0) is 20.2. The lowest BCUT2D eigenvalue weighted by molar-refractivity contribution is -0.116. The highest BCUT2D eigenvalue weighted by atomic mass is 16.2. The van der Waals surface area contributed by atoms with Gasteiger partial charge in [-0.15, -0.1) is 0 Å². The minimum absolute atomic E-state index is 0.113. The van der Waals surface area contributed by atoms with E-state index in [-0.39, 0.29) is 24.8 Å². The van der Waals surface area contributed by atoms with Crippen LogP contribution in [0.25, 0.3) is 10.9 Å². The van der Waals surface area contributed by atoms with Crippen molar-refractivity contribution in [2.75, 3.05) is 25.5 Å². The number of anilines is 1. The van der Waals surface area contributed by atoms with Crippen LogP contribution in [0.2, 0.25) is 0 Å². The first kappa shape index (κ1) is 19.1. The van der Waals surface area contributed by atoms with E-state index in [1.54, 1.807) is 18.3 Å². The van der Waals surface area contributed by atoms with Crippen LogP contribution in [-0.4, -0.2) is 47.0 Å². The normalized spacial score (nSPS) is 14.2. The maximum absolute atomic E-state index is 12.3. The molecule has 2 aromatic carbocycles. The predicted molar refractivity (Wildman–Crippen MR) is 113 cm³/mol. The summed E-state index contributed by atoms with van der Waals surface area (Å²) in [7, 11) is 2.12. The monoisotopic (exact) mass is 391 g/mol. The van der Waals surface area contributed by atoms with Crippen LogP contribution in [0.1, 0.15) is 34.3 Å². The average molecular weight is 391 g/mol. The van der Waals surface area contributed by atoms with E-state index in [4.69, 9.17) is 0 Å². The molecule has 0 atom stereocenters. The van der Waals surface area contributed by atoms with Crippen molar-refractivity contribution >= 4 is 28.4 Å². The molecule has 150 valence electrons. The second-order valence-corrected chi connectivity index (χ2v) is 7.55. The molecule has 3 N–H and O–H groups in total. The van der Waals surface area contributed by atoms with E-state index in [9.17, 15) is 9.59 Å². The molecule has 7 nitrogen and oxygen atoms in total. The van der Waals surface area contributed by atoms with Crippen LogP contribution in [0.3, 0.4) is 0 Å². The fourth-order valence-corrected chi connectivity index (χ4v) is 3.70. The minimum Gasteiger partial charge on any atom is -0.352 e. The minimum atomic E-state index is -0.200. The number of aromatic nitrogens is 2. The van der Waals surface area contributed by atoms with E-state index in [1.807, 2.05) is 12.1 Å². The SMILES string of the molecule is CN1CCCc2ccc(NC(=O)CCNC(=O)c3ccc4[nH]ncc4c3)cc2C1. The molecule has 0 fully saturated rings. The number of hydrogen-bond acceptors (Lipinski definition) is 4. The van der Waals surface area contributed by atoms with Gasteiger partial charge >= 0.3 is 0 Å². The Balaban J connectivity index is 1.29. The van der Waals surface area contributed by atoms with Gasteiger partial charge in [-0.3, -0.25) is 14.7 Å². The van der Waals surface area contributed by atoms with E-state index in [0.29, 0.717) is 5.56 Å². The van der Waals surface area contributed by atoms with Crippen molar-refractivity contribution in [2.45, 2.75) is 25.8 Å². The Morgan fingerprint density at radius 1 is 1.17 bits per heavy atom. The molecule has 0 radical (unpaired) electrons. The average Bonchev–Trinajstić information content (AvgIpc) is 3.09. The van der Waals surface area contributed by atoms with Crippen molar-refractivity contribution in [3.05, 3.63) is 59.3 Å². The molecular formula is C22H25N5O2. The molecule has 7 heteroatoms. The third-order valence-electron chi connectivity index (χ3n) is 5.26. The summed E-state index contributed by atoms with van der Waals surface area (Å²) in [5, 5.41) is 13.4. The summed E-state index contributed by atoms with van der Waals surface area (Å²) in [6.07, 6.45) is 4.13. The highest BCUT2D eigenvalue weighted by Gasteiger charge is 2.13. The number of fused-ring (bicyclic) bond motifs is 2. The zero-order valence-corrected chi connectivity index (χ0v) is 16.5. The Morgan fingerprint density at radius 3 is 2.97 bits per heavy atom. The Kier molecular flexibility index (Phi) is 5.57. The van der Waals surface area contributed by atoms with Crippen LogP contribution in [0.15, 0.2) is 42.6 Å². The van der Waals surface area contributed by atoms with Gasteiger partial charge in [0.25, 0.3) is 5.91 Å². The summed E-state index contributed by atoms with van der Waals surface area (Å²) in [6.45, 7) is 2.27. The van der Waals surface area contributed by atoms with E-state index in [1.165, 1.54) is 11.1 Å². The summed E-state index contributed by atoms with van der Waals surface area (Å²) < 4.78 is 0. The highest BCUT2D eigenvalue weighted by Crippen LogP contribution is 2.22. The number of carbonyl (C=O) groups excluding carboxylic acids is 2. The van der Waals surface area contributed by atoms with Gasteiger partial charge < -0.3 is 15.5 Å². The molecule has 4 rings (SSSR count). The molecule has 1 aliphatic rings. The number of amides is 2. The van der Waals surface area contributed by atoms with Gasteiger partial charge in [0.05, 0.1) is 11.7 Å². The van der Waals surface area contributed by atoms with Crippen molar-refractivity contribution in [1.29, 1.82) is 0 Å². The van der Waals surface area contributed by atoms with Gasteiger partial charge in [-0.2, -0.15) is 5.10 Å². The number of carbonyl (C=O) groups is 2. The maximum atomic E-state index is 12.3. The zero-order valence-electron chi connectivity index (χ0n) is 16.5. The Hall–Kier alpha value is -3.19. The Morgan fingerprint density at radius 2 is 2.07 bits per heavy atom. The predicted octanol–water partition coefficient (Wildman–Crippen LogP) is 2.70. The van der Waals surface area contributed by atoms with Crippen LogP contribution in [0.4, 0.5) is 5.69 Å². The second kappa shape index (κ2) is 8.45. The van der Waals surface area contributed by atoms with Crippen molar-refractivity contribution in [3.63, 3.8) is 0 Å². The van der Waals surface area contributed by atoms with Crippen LogP contribution in [0.5, 0.6) is 0 Å².